The van der Waals surface area contributed by atoms with Gasteiger partial charge in [0, 0.05) is 12.5 Å². The standard InChI is InChI=1S/C22H25NO6/c1-14(24)23-18-19(25)20-17(13-27-21(29-20)16-10-6-3-7-11-16)28-22(18)26-12-15-8-4-2-5-9-15/h2-11,17-22,25H,12-13H2,1H3,(H,23,24)/t17-,18-,19-,20-,21+,22+/m1/s1. The molecule has 0 bridgehead atoms. The van der Waals surface area contributed by atoms with E-state index in [0.29, 0.717) is 6.61 Å². The second-order valence-corrected chi connectivity index (χ2v) is 7.23. The third kappa shape index (κ3) is 4.66. The highest BCUT2D eigenvalue weighted by atomic mass is 16.7. The van der Waals surface area contributed by atoms with Gasteiger partial charge in [-0.3, -0.25) is 4.79 Å². The van der Waals surface area contributed by atoms with Crippen LogP contribution >= 0.6 is 0 Å². The van der Waals surface area contributed by atoms with Crippen LogP contribution in [0.3, 0.4) is 0 Å². The molecule has 0 radical (unpaired) electrons. The Balaban J connectivity index is 1.48. The molecule has 0 aromatic heterocycles. The molecule has 0 saturated carbocycles. The van der Waals surface area contributed by atoms with Crippen molar-refractivity contribution in [1.29, 1.82) is 0 Å². The Morgan fingerprint density at radius 3 is 2.48 bits per heavy atom. The molecule has 0 unspecified atom stereocenters. The normalized spacial score (nSPS) is 31.7. The average Bonchev–Trinajstić information content (AvgIpc) is 2.75. The van der Waals surface area contributed by atoms with Crippen LogP contribution < -0.4 is 5.32 Å². The van der Waals surface area contributed by atoms with E-state index in [9.17, 15) is 9.90 Å². The molecule has 29 heavy (non-hydrogen) atoms. The van der Waals surface area contributed by atoms with Gasteiger partial charge in [0.05, 0.1) is 13.2 Å². The number of carbonyl (C=O) groups excluding carboxylic acids is 1. The first-order valence-corrected chi connectivity index (χ1v) is 9.70. The molecule has 2 aromatic carbocycles. The highest BCUT2D eigenvalue weighted by Crippen LogP contribution is 2.34. The van der Waals surface area contributed by atoms with Crippen LogP contribution in [0, 0.1) is 0 Å². The molecule has 0 spiro atoms. The molecule has 0 aliphatic carbocycles. The molecule has 4 rings (SSSR count). The lowest BCUT2D eigenvalue weighted by molar-refractivity contribution is -0.345. The summed E-state index contributed by atoms with van der Waals surface area (Å²) in [4.78, 5) is 11.7. The molecule has 2 aliphatic heterocycles. The van der Waals surface area contributed by atoms with Crippen molar-refractivity contribution in [2.24, 2.45) is 0 Å². The first-order valence-electron chi connectivity index (χ1n) is 9.70. The molecular formula is C22H25NO6. The molecule has 2 aromatic rings. The van der Waals surface area contributed by atoms with Crippen LogP contribution in [0.4, 0.5) is 0 Å². The molecule has 2 N–H and O–H groups in total. The van der Waals surface area contributed by atoms with E-state index in [1.54, 1.807) is 0 Å². The summed E-state index contributed by atoms with van der Waals surface area (Å²) in [7, 11) is 0. The monoisotopic (exact) mass is 399 g/mol. The van der Waals surface area contributed by atoms with E-state index in [2.05, 4.69) is 5.32 Å². The van der Waals surface area contributed by atoms with E-state index >= 15 is 0 Å². The summed E-state index contributed by atoms with van der Waals surface area (Å²) in [6.07, 6.45) is -3.59. The lowest BCUT2D eigenvalue weighted by Gasteiger charge is -2.47. The van der Waals surface area contributed by atoms with Gasteiger partial charge in [-0.15, -0.1) is 0 Å². The average molecular weight is 399 g/mol. The number of hydrogen-bond acceptors (Lipinski definition) is 6. The SMILES string of the molecule is CC(=O)N[C@H]1[C@@H](OCc2ccccc2)O[C@@H]2CO[C@H](c3ccccc3)O[C@H]2[C@@H]1O. The number of carbonyl (C=O) groups is 1. The fourth-order valence-electron chi connectivity index (χ4n) is 3.65. The van der Waals surface area contributed by atoms with Crippen LogP contribution in [0.2, 0.25) is 0 Å². The lowest BCUT2D eigenvalue weighted by Crippen LogP contribution is -2.66. The maximum absolute atomic E-state index is 11.7. The Bertz CT molecular complexity index is 801. The number of benzene rings is 2. The fourth-order valence-corrected chi connectivity index (χ4v) is 3.65. The Morgan fingerprint density at radius 2 is 1.79 bits per heavy atom. The molecule has 2 fully saturated rings. The highest BCUT2D eigenvalue weighted by molar-refractivity contribution is 5.73. The van der Waals surface area contributed by atoms with Gasteiger partial charge < -0.3 is 29.4 Å². The van der Waals surface area contributed by atoms with Gasteiger partial charge in [-0.1, -0.05) is 60.7 Å². The number of aliphatic hydroxyl groups is 1. The second kappa shape index (κ2) is 9.02. The van der Waals surface area contributed by atoms with Crippen LogP contribution in [0.5, 0.6) is 0 Å². The molecule has 2 saturated heterocycles. The smallest absolute Gasteiger partial charge is 0.217 e. The van der Waals surface area contributed by atoms with E-state index in [4.69, 9.17) is 18.9 Å². The number of aliphatic hydroxyl groups excluding tert-OH is 1. The Morgan fingerprint density at radius 1 is 1.10 bits per heavy atom. The van der Waals surface area contributed by atoms with Gasteiger partial charge in [0.2, 0.25) is 5.91 Å². The molecule has 7 nitrogen and oxygen atoms in total. The van der Waals surface area contributed by atoms with Gasteiger partial charge in [0.25, 0.3) is 0 Å². The van der Waals surface area contributed by atoms with Gasteiger partial charge in [0.15, 0.2) is 12.6 Å². The lowest BCUT2D eigenvalue weighted by atomic mass is 9.95. The third-order valence-corrected chi connectivity index (χ3v) is 5.06. The largest absolute Gasteiger partial charge is 0.388 e. The van der Waals surface area contributed by atoms with Gasteiger partial charge in [-0.25, -0.2) is 0 Å². The summed E-state index contributed by atoms with van der Waals surface area (Å²) >= 11 is 0. The van der Waals surface area contributed by atoms with Crippen molar-refractivity contribution in [2.45, 2.75) is 50.5 Å². The zero-order valence-corrected chi connectivity index (χ0v) is 16.1. The van der Waals surface area contributed by atoms with Gasteiger partial charge in [-0.05, 0) is 5.56 Å². The molecule has 2 heterocycles. The van der Waals surface area contributed by atoms with Gasteiger partial charge >= 0.3 is 0 Å². The van der Waals surface area contributed by atoms with Crippen molar-refractivity contribution < 1.29 is 28.8 Å². The molecule has 1 amide bonds. The number of fused-ring (bicyclic) bond motifs is 1. The summed E-state index contributed by atoms with van der Waals surface area (Å²) in [5.41, 5.74) is 1.83. The second-order valence-electron chi connectivity index (χ2n) is 7.23. The summed E-state index contributed by atoms with van der Waals surface area (Å²) in [6.45, 7) is 1.93. The Labute approximate surface area is 169 Å². The zero-order valence-electron chi connectivity index (χ0n) is 16.1. The first-order chi connectivity index (χ1) is 14.1. The highest BCUT2D eigenvalue weighted by Gasteiger charge is 2.50. The Hall–Kier alpha value is -2.29. The number of ether oxygens (including phenoxy) is 4. The number of amides is 1. The summed E-state index contributed by atoms with van der Waals surface area (Å²) in [5, 5.41) is 13.7. The van der Waals surface area contributed by atoms with Crippen LogP contribution in [-0.2, 0) is 30.3 Å². The zero-order chi connectivity index (χ0) is 20.2. The number of nitrogens with one attached hydrogen (secondary N) is 1. The van der Waals surface area contributed by atoms with Crippen molar-refractivity contribution in [2.75, 3.05) is 6.61 Å². The van der Waals surface area contributed by atoms with Gasteiger partial charge in [0.1, 0.15) is 24.4 Å². The fraction of sp³-hybridized carbons (Fsp3) is 0.409. The molecule has 6 atom stereocenters. The number of rotatable bonds is 5. The van der Waals surface area contributed by atoms with E-state index < -0.39 is 36.9 Å². The summed E-state index contributed by atoms with van der Waals surface area (Å²) in [6, 6.07) is 18.4. The minimum Gasteiger partial charge on any atom is -0.388 e. The van der Waals surface area contributed by atoms with Crippen LogP contribution in [0.1, 0.15) is 24.3 Å². The summed E-state index contributed by atoms with van der Waals surface area (Å²) in [5.74, 6) is -0.281. The van der Waals surface area contributed by atoms with Crippen LogP contribution in [0.15, 0.2) is 60.7 Å². The van der Waals surface area contributed by atoms with Crippen LogP contribution in [-0.4, -0.2) is 48.3 Å². The van der Waals surface area contributed by atoms with E-state index in [0.717, 1.165) is 11.1 Å². The predicted octanol–water partition coefficient (Wildman–Crippen LogP) is 1.91. The van der Waals surface area contributed by atoms with Crippen molar-refractivity contribution >= 4 is 5.91 Å². The van der Waals surface area contributed by atoms with Gasteiger partial charge in [-0.2, -0.15) is 0 Å². The predicted molar refractivity (Wildman–Crippen MR) is 104 cm³/mol. The molecule has 2 aliphatic rings. The van der Waals surface area contributed by atoms with E-state index in [-0.39, 0.29) is 12.5 Å². The third-order valence-electron chi connectivity index (χ3n) is 5.06. The van der Waals surface area contributed by atoms with Crippen LogP contribution in [0.25, 0.3) is 0 Å². The van der Waals surface area contributed by atoms with Crippen molar-refractivity contribution in [3.8, 4) is 0 Å². The summed E-state index contributed by atoms with van der Waals surface area (Å²) < 4.78 is 23.8. The Kier molecular flexibility index (Phi) is 6.22. The van der Waals surface area contributed by atoms with Crippen molar-refractivity contribution in [1.82, 2.24) is 5.32 Å². The van der Waals surface area contributed by atoms with Crippen molar-refractivity contribution in [3.05, 3.63) is 71.8 Å². The molecular weight excluding hydrogens is 374 g/mol. The minimum atomic E-state index is -1.01. The first kappa shape index (κ1) is 20.0. The van der Waals surface area contributed by atoms with E-state index in [1.807, 2.05) is 60.7 Å². The molecule has 154 valence electrons. The maximum Gasteiger partial charge on any atom is 0.217 e. The van der Waals surface area contributed by atoms with Crippen molar-refractivity contribution in [3.63, 3.8) is 0 Å². The number of hydrogen-bond donors (Lipinski definition) is 2. The van der Waals surface area contributed by atoms with E-state index in [1.165, 1.54) is 6.92 Å². The quantitative estimate of drug-likeness (QED) is 0.799. The maximum atomic E-state index is 11.7. The molecule has 7 heteroatoms. The topological polar surface area (TPSA) is 86.3 Å². The minimum absolute atomic E-state index is 0.249.